The SMILES string of the molecule is NC(=O)c1cccc(-c2ccc(CNC3Cc4cc(F)c(F)cc4C3)cc2)c1. The molecule has 0 fully saturated rings. The predicted octanol–water partition coefficient (Wildman–Crippen LogP) is 3.99. The van der Waals surface area contributed by atoms with Gasteiger partial charge in [-0.25, -0.2) is 8.78 Å². The first-order chi connectivity index (χ1) is 13.5. The van der Waals surface area contributed by atoms with Gasteiger partial charge in [0.15, 0.2) is 11.6 Å². The number of hydrogen-bond donors (Lipinski definition) is 2. The maximum Gasteiger partial charge on any atom is 0.248 e. The van der Waals surface area contributed by atoms with Crippen LogP contribution in [0.5, 0.6) is 0 Å². The molecule has 0 aliphatic heterocycles. The van der Waals surface area contributed by atoms with Crippen LogP contribution in [0.2, 0.25) is 0 Å². The summed E-state index contributed by atoms with van der Waals surface area (Å²) < 4.78 is 26.8. The van der Waals surface area contributed by atoms with E-state index in [1.54, 1.807) is 12.1 Å². The van der Waals surface area contributed by atoms with Gasteiger partial charge in [-0.1, -0.05) is 36.4 Å². The van der Waals surface area contributed by atoms with Gasteiger partial charge in [-0.3, -0.25) is 4.79 Å². The van der Waals surface area contributed by atoms with E-state index in [-0.39, 0.29) is 6.04 Å². The van der Waals surface area contributed by atoms with E-state index in [4.69, 9.17) is 5.73 Å². The molecule has 0 unspecified atom stereocenters. The highest BCUT2D eigenvalue weighted by Gasteiger charge is 2.23. The quantitative estimate of drug-likeness (QED) is 0.705. The van der Waals surface area contributed by atoms with E-state index >= 15 is 0 Å². The number of halogens is 2. The summed E-state index contributed by atoms with van der Waals surface area (Å²) in [7, 11) is 0. The molecule has 28 heavy (non-hydrogen) atoms. The van der Waals surface area contributed by atoms with Crippen molar-refractivity contribution in [2.45, 2.75) is 25.4 Å². The van der Waals surface area contributed by atoms with E-state index in [1.165, 1.54) is 12.1 Å². The lowest BCUT2D eigenvalue weighted by atomic mass is 10.0. The Morgan fingerprint density at radius 3 is 2.18 bits per heavy atom. The maximum atomic E-state index is 13.4. The molecule has 4 rings (SSSR count). The summed E-state index contributed by atoms with van der Waals surface area (Å²) in [6.45, 7) is 0.672. The molecule has 3 nitrogen and oxygen atoms in total. The molecule has 3 aromatic rings. The van der Waals surface area contributed by atoms with E-state index in [9.17, 15) is 13.6 Å². The number of fused-ring (bicyclic) bond motifs is 1. The molecule has 142 valence electrons. The summed E-state index contributed by atoms with van der Waals surface area (Å²) in [5, 5.41) is 3.46. The van der Waals surface area contributed by atoms with Crippen LogP contribution in [0, 0.1) is 11.6 Å². The van der Waals surface area contributed by atoms with E-state index < -0.39 is 17.5 Å². The Morgan fingerprint density at radius 2 is 1.57 bits per heavy atom. The van der Waals surface area contributed by atoms with Gasteiger partial charge < -0.3 is 11.1 Å². The summed E-state index contributed by atoms with van der Waals surface area (Å²) in [5.41, 5.74) is 10.6. The van der Waals surface area contributed by atoms with E-state index in [0.29, 0.717) is 24.9 Å². The van der Waals surface area contributed by atoms with Crippen molar-refractivity contribution in [3.8, 4) is 11.1 Å². The lowest BCUT2D eigenvalue weighted by Gasteiger charge is -2.12. The highest BCUT2D eigenvalue weighted by Crippen LogP contribution is 2.25. The minimum atomic E-state index is -0.782. The fourth-order valence-electron chi connectivity index (χ4n) is 3.69. The molecule has 1 amide bonds. The van der Waals surface area contributed by atoms with Crippen molar-refractivity contribution in [2.75, 3.05) is 0 Å². The third-order valence-electron chi connectivity index (χ3n) is 5.20. The average Bonchev–Trinajstić information content (AvgIpc) is 3.09. The van der Waals surface area contributed by atoms with Crippen LogP contribution in [0.15, 0.2) is 60.7 Å². The van der Waals surface area contributed by atoms with Gasteiger partial charge in [0.1, 0.15) is 0 Å². The minimum absolute atomic E-state index is 0.170. The highest BCUT2D eigenvalue weighted by molar-refractivity contribution is 5.94. The molecule has 3 N–H and O–H groups in total. The monoisotopic (exact) mass is 378 g/mol. The molecule has 0 saturated carbocycles. The largest absolute Gasteiger partial charge is 0.366 e. The molecular formula is C23H20F2N2O. The van der Waals surface area contributed by atoms with Gasteiger partial charge in [0.25, 0.3) is 0 Å². The molecule has 0 aromatic heterocycles. The number of carbonyl (C=O) groups excluding carboxylic acids is 1. The number of benzene rings is 3. The van der Waals surface area contributed by atoms with Gasteiger partial charge in [-0.15, -0.1) is 0 Å². The second kappa shape index (κ2) is 7.52. The van der Waals surface area contributed by atoms with Crippen LogP contribution in [0.3, 0.4) is 0 Å². The van der Waals surface area contributed by atoms with Crippen LogP contribution in [0.1, 0.15) is 27.0 Å². The smallest absolute Gasteiger partial charge is 0.248 e. The van der Waals surface area contributed by atoms with Gasteiger partial charge in [0, 0.05) is 18.2 Å². The fraction of sp³-hybridized carbons (Fsp3) is 0.174. The zero-order valence-corrected chi connectivity index (χ0v) is 15.2. The van der Waals surface area contributed by atoms with Gasteiger partial charge in [-0.05, 0) is 64.9 Å². The number of carbonyl (C=O) groups is 1. The van der Waals surface area contributed by atoms with Gasteiger partial charge >= 0.3 is 0 Å². The van der Waals surface area contributed by atoms with Crippen molar-refractivity contribution in [3.63, 3.8) is 0 Å². The molecule has 3 aromatic carbocycles. The van der Waals surface area contributed by atoms with E-state index in [0.717, 1.165) is 27.8 Å². The summed E-state index contributed by atoms with van der Waals surface area (Å²) in [4.78, 5) is 11.3. The third kappa shape index (κ3) is 3.80. The summed E-state index contributed by atoms with van der Waals surface area (Å²) in [6, 6.07) is 18.1. The van der Waals surface area contributed by atoms with Crippen LogP contribution in [0.25, 0.3) is 11.1 Å². The van der Waals surface area contributed by atoms with Crippen molar-refractivity contribution in [1.82, 2.24) is 5.32 Å². The zero-order chi connectivity index (χ0) is 19.7. The van der Waals surface area contributed by atoms with Crippen molar-refractivity contribution in [3.05, 3.63) is 94.6 Å². The molecule has 0 spiro atoms. The number of rotatable bonds is 5. The van der Waals surface area contributed by atoms with Gasteiger partial charge in [-0.2, -0.15) is 0 Å². The molecule has 5 heteroatoms. The fourth-order valence-corrected chi connectivity index (χ4v) is 3.69. The average molecular weight is 378 g/mol. The first-order valence-corrected chi connectivity index (χ1v) is 9.19. The zero-order valence-electron chi connectivity index (χ0n) is 15.2. The van der Waals surface area contributed by atoms with Gasteiger partial charge in [0.2, 0.25) is 5.91 Å². The molecule has 1 aliphatic rings. The van der Waals surface area contributed by atoms with Crippen molar-refractivity contribution in [2.24, 2.45) is 5.73 Å². The van der Waals surface area contributed by atoms with Crippen LogP contribution < -0.4 is 11.1 Å². The second-order valence-electron chi connectivity index (χ2n) is 7.16. The number of amides is 1. The summed E-state index contributed by atoms with van der Waals surface area (Å²) in [6.07, 6.45) is 1.40. The van der Waals surface area contributed by atoms with Crippen LogP contribution in [-0.2, 0) is 19.4 Å². The molecular weight excluding hydrogens is 358 g/mol. The Labute approximate surface area is 162 Å². The van der Waals surface area contributed by atoms with Crippen LogP contribution in [-0.4, -0.2) is 11.9 Å². The topological polar surface area (TPSA) is 55.1 Å². The van der Waals surface area contributed by atoms with Crippen LogP contribution >= 0.6 is 0 Å². The Morgan fingerprint density at radius 1 is 0.929 bits per heavy atom. The van der Waals surface area contributed by atoms with Gasteiger partial charge in [0.05, 0.1) is 0 Å². The Bertz CT molecular complexity index is 1000. The second-order valence-corrected chi connectivity index (χ2v) is 7.16. The lowest BCUT2D eigenvalue weighted by molar-refractivity contribution is 0.100. The minimum Gasteiger partial charge on any atom is -0.366 e. The predicted molar refractivity (Wildman–Crippen MR) is 105 cm³/mol. The normalized spacial score (nSPS) is 13.5. The number of nitrogens with two attached hydrogens (primary N) is 1. The third-order valence-corrected chi connectivity index (χ3v) is 5.20. The molecule has 0 saturated heterocycles. The van der Waals surface area contributed by atoms with Crippen LogP contribution in [0.4, 0.5) is 8.78 Å². The Kier molecular flexibility index (Phi) is 4.92. The number of hydrogen-bond acceptors (Lipinski definition) is 2. The molecule has 0 heterocycles. The number of nitrogens with one attached hydrogen (secondary N) is 1. The number of primary amides is 1. The van der Waals surface area contributed by atoms with E-state index in [2.05, 4.69) is 5.32 Å². The Balaban J connectivity index is 1.39. The summed E-state index contributed by atoms with van der Waals surface area (Å²) >= 11 is 0. The van der Waals surface area contributed by atoms with Crippen molar-refractivity contribution in [1.29, 1.82) is 0 Å². The molecule has 0 radical (unpaired) electrons. The highest BCUT2D eigenvalue weighted by atomic mass is 19.2. The maximum absolute atomic E-state index is 13.4. The molecule has 0 bridgehead atoms. The van der Waals surface area contributed by atoms with Crippen molar-refractivity contribution >= 4 is 5.91 Å². The summed E-state index contributed by atoms with van der Waals surface area (Å²) in [5.74, 6) is -2.01. The van der Waals surface area contributed by atoms with E-state index in [1.807, 2.05) is 36.4 Å². The molecule has 0 atom stereocenters. The first kappa shape index (κ1) is 18.3. The molecule has 1 aliphatic carbocycles. The van der Waals surface area contributed by atoms with Crippen molar-refractivity contribution < 1.29 is 13.6 Å². The first-order valence-electron chi connectivity index (χ1n) is 9.19. The standard InChI is InChI=1S/C23H20F2N2O/c24-21-11-18-9-20(10-19(18)12-22(21)25)27-13-14-4-6-15(7-5-14)16-2-1-3-17(8-16)23(26)28/h1-8,11-12,20,27H,9-10,13H2,(H2,26,28). The Hall–Kier alpha value is -3.05. The lowest BCUT2D eigenvalue weighted by Crippen LogP contribution is -2.28.